The summed E-state index contributed by atoms with van der Waals surface area (Å²) in [4.78, 5) is 5.26. The number of nitrogens with zero attached hydrogens (tertiary/aromatic N) is 2. The van der Waals surface area contributed by atoms with Gasteiger partial charge in [0.2, 0.25) is 5.88 Å². The molecule has 0 spiro atoms. The molecule has 1 saturated carbocycles. The Labute approximate surface area is 419 Å². The van der Waals surface area contributed by atoms with Gasteiger partial charge < -0.3 is 9.32 Å². The molecule has 3 nitrogen and oxygen atoms in total. The normalized spacial score (nSPS) is 23.7. The molecular formula is C66H73BN2O. The maximum Gasteiger partial charge on any atom is 0.257 e. The van der Waals surface area contributed by atoms with Gasteiger partial charge >= 0.3 is 0 Å². The maximum absolute atomic E-state index is 7.57. The summed E-state index contributed by atoms with van der Waals surface area (Å²) < 4.78 is 7.57. The fourth-order valence-corrected chi connectivity index (χ4v) is 15.1. The molecule has 1 fully saturated rings. The molecule has 2 bridgehead atoms. The average molecular weight is 921 g/mol. The molecule has 70 heavy (non-hydrogen) atoms. The predicted octanol–water partition coefficient (Wildman–Crippen LogP) is 16.2. The van der Waals surface area contributed by atoms with Gasteiger partial charge in [0.15, 0.2) is 0 Å². The Hall–Kier alpha value is -5.48. The Kier molecular flexibility index (Phi) is 8.85. The van der Waals surface area contributed by atoms with Crippen LogP contribution in [0.2, 0.25) is 0 Å². The van der Waals surface area contributed by atoms with Crippen molar-refractivity contribution in [3.63, 3.8) is 0 Å². The molecule has 2 atom stereocenters. The van der Waals surface area contributed by atoms with Crippen LogP contribution < -0.4 is 26.2 Å². The van der Waals surface area contributed by atoms with E-state index in [1.54, 1.807) is 5.56 Å². The third-order valence-corrected chi connectivity index (χ3v) is 19.5. The van der Waals surface area contributed by atoms with Gasteiger partial charge in [0.05, 0.1) is 5.69 Å². The van der Waals surface area contributed by atoms with Gasteiger partial charge in [0, 0.05) is 39.2 Å². The third kappa shape index (κ3) is 6.07. The maximum atomic E-state index is 7.57. The van der Waals surface area contributed by atoms with Gasteiger partial charge in [0.1, 0.15) is 5.58 Å². The lowest BCUT2D eigenvalue weighted by molar-refractivity contribution is 0.332. The largest absolute Gasteiger partial charge is 0.440 e. The molecule has 2 aliphatic heterocycles. The number of furan rings is 1. The molecule has 4 aliphatic carbocycles. The van der Waals surface area contributed by atoms with Gasteiger partial charge in [-0.2, -0.15) is 0 Å². The highest BCUT2D eigenvalue weighted by molar-refractivity contribution is 7.01. The van der Waals surface area contributed by atoms with Gasteiger partial charge in [-0.3, -0.25) is 4.90 Å². The van der Waals surface area contributed by atoms with Crippen LogP contribution in [0.1, 0.15) is 179 Å². The van der Waals surface area contributed by atoms with Crippen molar-refractivity contribution < 1.29 is 4.42 Å². The van der Waals surface area contributed by atoms with Gasteiger partial charge in [-0.05, 0) is 205 Å². The Morgan fingerprint density at radius 2 is 1.03 bits per heavy atom. The molecule has 0 amide bonds. The first-order valence-corrected chi connectivity index (χ1v) is 26.8. The number of aryl methyl sites for hydroxylation is 1. The minimum Gasteiger partial charge on any atom is -0.440 e. The highest BCUT2D eigenvalue weighted by atomic mass is 16.4. The molecule has 356 valence electrons. The van der Waals surface area contributed by atoms with Crippen LogP contribution in [-0.2, 0) is 37.9 Å². The highest BCUT2D eigenvalue weighted by Gasteiger charge is 2.55. The average Bonchev–Trinajstić information content (AvgIpc) is 3.91. The van der Waals surface area contributed by atoms with E-state index in [4.69, 9.17) is 4.42 Å². The summed E-state index contributed by atoms with van der Waals surface area (Å²) >= 11 is 0. The second-order valence-electron chi connectivity index (χ2n) is 27.4. The first-order valence-electron chi connectivity index (χ1n) is 26.8. The van der Waals surface area contributed by atoms with E-state index in [1.807, 2.05) is 0 Å². The summed E-state index contributed by atoms with van der Waals surface area (Å²) in [6, 6.07) is 41.4. The Morgan fingerprint density at radius 3 is 1.61 bits per heavy atom. The zero-order valence-electron chi connectivity index (χ0n) is 44.6. The van der Waals surface area contributed by atoms with Crippen LogP contribution in [0.5, 0.6) is 0 Å². The summed E-state index contributed by atoms with van der Waals surface area (Å²) in [5, 5.41) is 1.28. The molecule has 1 aromatic heterocycles. The summed E-state index contributed by atoms with van der Waals surface area (Å²) in [6.07, 6.45) is 8.37. The third-order valence-electron chi connectivity index (χ3n) is 19.5. The number of anilines is 6. The predicted molar refractivity (Wildman–Crippen MR) is 298 cm³/mol. The minimum absolute atomic E-state index is 0.0230. The molecule has 0 radical (unpaired) electrons. The Bertz CT molecular complexity index is 3390. The van der Waals surface area contributed by atoms with Crippen molar-refractivity contribution in [2.24, 2.45) is 0 Å². The van der Waals surface area contributed by atoms with E-state index in [9.17, 15) is 0 Å². The van der Waals surface area contributed by atoms with E-state index < -0.39 is 0 Å². The first kappa shape index (κ1) is 44.5. The van der Waals surface area contributed by atoms with Crippen LogP contribution in [-0.4, -0.2) is 6.71 Å². The molecule has 3 heterocycles. The first-order chi connectivity index (χ1) is 32.9. The Morgan fingerprint density at radius 1 is 0.500 bits per heavy atom. The summed E-state index contributed by atoms with van der Waals surface area (Å²) in [7, 11) is 0. The minimum atomic E-state index is -0.0439. The van der Waals surface area contributed by atoms with E-state index in [1.165, 1.54) is 120 Å². The monoisotopic (exact) mass is 921 g/mol. The lowest BCUT2D eigenvalue weighted by atomic mass is 9.33. The van der Waals surface area contributed by atoms with Crippen molar-refractivity contribution in [1.82, 2.24) is 0 Å². The smallest absolute Gasteiger partial charge is 0.257 e. The molecule has 2 unspecified atom stereocenters. The highest BCUT2D eigenvalue weighted by Crippen LogP contribution is 2.62. The van der Waals surface area contributed by atoms with Gasteiger partial charge in [0.25, 0.3) is 6.71 Å². The number of benzene rings is 6. The Balaban J connectivity index is 1.18. The van der Waals surface area contributed by atoms with Crippen LogP contribution in [0, 0.1) is 6.92 Å². The lowest BCUT2D eigenvalue weighted by Gasteiger charge is -2.48. The molecule has 7 aromatic rings. The molecule has 0 N–H and O–H groups in total. The molecule has 0 saturated heterocycles. The van der Waals surface area contributed by atoms with Crippen molar-refractivity contribution in [3.05, 3.63) is 148 Å². The topological polar surface area (TPSA) is 19.6 Å². The van der Waals surface area contributed by atoms with E-state index in [0.717, 1.165) is 36.4 Å². The van der Waals surface area contributed by atoms with Crippen molar-refractivity contribution in [2.45, 2.75) is 180 Å². The number of hydrogen-bond donors (Lipinski definition) is 0. The van der Waals surface area contributed by atoms with E-state index >= 15 is 0 Å². The molecule has 6 aliphatic rings. The number of rotatable bonds is 3. The van der Waals surface area contributed by atoms with Crippen molar-refractivity contribution in [2.75, 3.05) is 9.80 Å². The second-order valence-corrected chi connectivity index (χ2v) is 27.4. The number of fused-ring (bicyclic) bond motifs is 13. The lowest BCUT2D eigenvalue weighted by Crippen LogP contribution is -2.61. The van der Waals surface area contributed by atoms with Gasteiger partial charge in [-0.1, -0.05) is 139 Å². The van der Waals surface area contributed by atoms with Crippen LogP contribution in [0.3, 0.4) is 0 Å². The van der Waals surface area contributed by atoms with E-state index in [0.29, 0.717) is 0 Å². The molecule has 13 rings (SSSR count). The summed E-state index contributed by atoms with van der Waals surface area (Å²) in [5.41, 5.74) is 26.0. The van der Waals surface area contributed by atoms with Crippen molar-refractivity contribution in [3.8, 4) is 11.1 Å². The second kappa shape index (κ2) is 13.9. The molecule has 4 heteroatoms. The van der Waals surface area contributed by atoms with Gasteiger partial charge in [-0.25, -0.2) is 0 Å². The summed E-state index contributed by atoms with van der Waals surface area (Å²) in [5.74, 6) is 0.971. The molecular weight excluding hydrogens is 848 g/mol. The standard InChI is InChI=1S/C66H73BN2O/c1-39-30-54-58-55(31-39)69(52-35-47-45(61(5,6)24-26-63(47,9)10)32-43(52)40-18-16-15-17-19-40)53-36-48-46(62(7,8)25-27-64(48,11)12)34-51(53)67(58)57-44-33-49-50(66(14)29-28-65(49,13)38-66)37-56(44)70-59(57)68(54)42-22-20-41(21-23-42)60(2,3)4/h15-23,30-37H,24-29,38H2,1-14H3. The fourth-order valence-electron chi connectivity index (χ4n) is 15.1. The van der Waals surface area contributed by atoms with Crippen LogP contribution in [0.4, 0.5) is 34.3 Å². The van der Waals surface area contributed by atoms with Crippen LogP contribution >= 0.6 is 0 Å². The van der Waals surface area contributed by atoms with Crippen LogP contribution in [0.25, 0.3) is 22.1 Å². The number of hydrogen-bond acceptors (Lipinski definition) is 3. The van der Waals surface area contributed by atoms with Crippen LogP contribution in [0.15, 0.2) is 108 Å². The summed E-state index contributed by atoms with van der Waals surface area (Å²) in [6.45, 7) is 34.2. The quantitative estimate of drug-likeness (QED) is 0.165. The zero-order valence-corrected chi connectivity index (χ0v) is 44.6. The SMILES string of the molecule is Cc1cc2c3c(c1)N(c1ccc(C(C)(C)C)cc1)c1oc4cc5c(cc4c1B3c1cc3c(cc1N2c1cc2c(cc1-c1ccccc1)C(C)(C)CCC2(C)C)C(C)(C)CCC3(C)C)C1(C)CCC5(C)C1. The van der Waals surface area contributed by atoms with E-state index in [-0.39, 0.29) is 44.6 Å². The van der Waals surface area contributed by atoms with Crippen molar-refractivity contribution >= 4 is 68.4 Å². The fraction of sp³-hybridized carbons (Fsp3) is 0.424. The van der Waals surface area contributed by atoms with Gasteiger partial charge in [-0.15, -0.1) is 0 Å². The van der Waals surface area contributed by atoms with Crippen molar-refractivity contribution in [1.29, 1.82) is 0 Å². The zero-order chi connectivity index (χ0) is 49.0. The van der Waals surface area contributed by atoms with E-state index in [2.05, 4.69) is 210 Å². The molecule has 6 aromatic carbocycles.